The number of rotatable bonds is 6. The van der Waals surface area contributed by atoms with E-state index in [1.807, 2.05) is 35.7 Å². The predicted molar refractivity (Wildman–Crippen MR) is 89.9 cm³/mol. The van der Waals surface area contributed by atoms with E-state index in [0.29, 0.717) is 18.4 Å². The van der Waals surface area contributed by atoms with Crippen LogP contribution in [0.1, 0.15) is 38.1 Å². The highest BCUT2D eigenvalue weighted by molar-refractivity contribution is 7.13. The number of nitrogens with zero attached hydrogens (tertiary/aromatic N) is 2. The molecule has 0 saturated carbocycles. The number of aromatic nitrogens is 1. The van der Waals surface area contributed by atoms with Crippen molar-refractivity contribution in [2.75, 3.05) is 11.9 Å². The van der Waals surface area contributed by atoms with Crippen LogP contribution in [-0.2, 0) is 6.42 Å². The molecule has 0 bridgehead atoms. The maximum atomic E-state index is 10.3. The van der Waals surface area contributed by atoms with Crippen LogP contribution < -0.4 is 4.90 Å². The fraction of sp³-hybridized carbons (Fsp3) is 0.471. The van der Waals surface area contributed by atoms with Gasteiger partial charge in [0.1, 0.15) is 0 Å². The van der Waals surface area contributed by atoms with Gasteiger partial charge >= 0.3 is 0 Å². The summed E-state index contributed by atoms with van der Waals surface area (Å²) < 4.78 is 0. The first-order valence-electron chi connectivity index (χ1n) is 7.39. The highest BCUT2D eigenvalue weighted by Gasteiger charge is 2.17. The summed E-state index contributed by atoms with van der Waals surface area (Å²) in [6, 6.07) is 10.2. The third-order valence-corrected chi connectivity index (χ3v) is 4.98. The van der Waals surface area contributed by atoms with Gasteiger partial charge in [-0.25, -0.2) is 4.98 Å². The van der Waals surface area contributed by atoms with Gasteiger partial charge in [0.2, 0.25) is 0 Å². The van der Waals surface area contributed by atoms with Crippen molar-refractivity contribution < 1.29 is 5.11 Å². The number of anilines is 1. The van der Waals surface area contributed by atoms with Gasteiger partial charge in [-0.05, 0) is 18.4 Å². The third-order valence-electron chi connectivity index (χ3n) is 4.00. The first-order chi connectivity index (χ1) is 9.99. The molecule has 1 N–H and O–H groups in total. The molecule has 4 heteroatoms. The van der Waals surface area contributed by atoms with Crippen LogP contribution in [0, 0.1) is 5.92 Å². The van der Waals surface area contributed by atoms with Crippen molar-refractivity contribution in [1.82, 2.24) is 4.98 Å². The van der Waals surface area contributed by atoms with E-state index < -0.39 is 6.10 Å². The number of thiazole rings is 1. The highest BCUT2D eigenvalue weighted by Crippen LogP contribution is 2.26. The number of benzene rings is 1. The fourth-order valence-electron chi connectivity index (χ4n) is 2.16. The van der Waals surface area contributed by atoms with Crippen LogP contribution in [-0.4, -0.2) is 23.2 Å². The quantitative estimate of drug-likeness (QED) is 0.879. The highest BCUT2D eigenvalue weighted by atomic mass is 32.1. The summed E-state index contributed by atoms with van der Waals surface area (Å²) in [5.41, 5.74) is 1.89. The van der Waals surface area contributed by atoms with Crippen molar-refractivity contribution >= 4 is 16.5 Å². The Kier molecular flexibility index (Phi) is 5.37. The molecular formula is C17H24N2OS. The Hall–Kier alpha value is -1.39. The second kappa shape index (κ2) is 7.05. The van der Waals surface area contributed by atoms with Crippen LogP contribution >= 0.6 is 11.3 Å². The van der Waals surface area contributed by atoms with Gasteiger partial charge in [-0.15, -0.1) is 11.3 Å². The predicted octanol–water partition coefficient (Wildman–Crippen LogP) is 3.90. The lowest BCUT2D eigenvalue weighted by Crippen LogP contribution is -2.33. The molecule has 114 valence electrons. The van der Waals surface area contributed by atoms with E-state index in [9.17, 15) is 5.11 Å². The maximum absolute atomic E-state index is 10.3. The van der Waals surface area contributed by atoms with Crippen LogP contribution in [0.15, 0.2) is 35.7 Å². The molecule has 1 heterocycles. The van der Waals surface area contributed by atoms with Crippen molar-refractivity contribution in [3.63, 3.8) is 0 Å². The minimum atomic E-state index is -0.492. The zero-order valence-corrected chi connectivity index (χ0v) is 14.0. The Morgan fingerprint density at radius 3 is 2.48 bits per heavy atom. The number of aliphatic hydroxyl groups is 1. The van der Waals surface area contributed by atoms with Gasteiger partial charge in [-0.2, -0.15) is 0 Å². The third kappa shape index (κ3) is 4.05. The van der Waals surface area contributed by atoms with Crippen LogP contribution in [0.5, 0.6) is 0 Å². The molecule has 0 saturated heterocycles. The molecule has 0 aliphatic carbocycles. The monoisotopic (exact) mass is 304 g/mol. The number of aliphatic hydroxyl groups excluding tert-OH is 1. The average Bonchev–Trinajstić information content (AvgIpc) is 2.95. The maximum Gasteiger partial charge on any atom is 0.185 e. The Balaban J connectivity index is 2.03. The van der Waals surface area contributed by atoms with Gasteiger partial charge in [0.25, 0.3) is 0 Å². The first-order valence-corrected chi connectivity index (χ1v) is 8.27. The molecular weight excluding hydrogens is 280 g/mol. The normalized spacial score (nSPS) is 14.2. The topological polar surface area (TPSA) is 36.4 Å². The summed E-state index contributed by atoms with van der Waals surface area (Å²) in [5.74, 6) is 0.581. The van der Waals surface area contributed by atoms with Crippen LogP contribution in [0.25, 0.3) is 0 Å². The molecule has 2 rings (SSSR count). The zero-order valence-electron chi connectivity index (χ0n) is 13.2. The molecule has 2 aromatic rings. The van der Waals surface area contributed by atoms with Crippen LogP contribution in [0.3, 0.4) is 0 Å². The molecule has 0 fully saturated rings. The summed E-state index contributed by atoms with van der Waals surface area (Å²) in [4.78, 5) is 6.88. The van der Waals surface area contributed by atoms with E-state index >= 15 is 0 Å². The number of hydrogen-bond donors (Lipinski definition) is 1. The van der Waals surface area contributed by atoms with E-state index in [-0.39, 0.29) is 0 Å². The van der Waals surface area contributed by atoms with E-state index in [4.69, 9.17) is 0 Å². The molecule has 1 aromatic heterocycles. The lowest BCUT2D eigenvalue weighted by Gasteiger charge is -2.27. The van der Waals surface area contributed by atoms with E-state index in [1.54, 1.807) is 11.3 Å². The van der Waals surface area contributed by atoms with Gasteiger partial charge in [-0.1, -0.05) is 44.2 Å². The van der Waals surface area contributed by atoms with Gasteiger partial charge in [0.15, 0.2) is 5.13 Å². The Morgan fingerprint density at radius 2 is 1.86 bits per heavy atom. The summed E-state index contributed by atoms with van der Waals surface area (Å²) >= 11 is 1.64. The molecule has 3 nitrogen and oxygen atoms in total. The second-order valence-electron chi connectivity index (χ2n) is 5.85. The number of hydrogen-bond acceptors (Lipinski definition) is 4. The van der Waals surface area contributed by atoms with Gasteiger partial charge < -0.3 is 10.0 Å². The molecule has 0 spiro atoms. The minimum Gasteiger partial charge on any atom is -0.388 e. The molecule has 0 amide bonds. The summed E-state index contributed by atoms with van der Waals surface area (Å²) in [6.07, 6.45) is 0.0682. The minimum absolute atomic E-state index is 0.447. The standard InChI is InChI=1S/C17H24N2OS/c1-12(2)13(3)19(4)17-18-15(11-21-17)10-16(20)14-8-6-5-7-9-14/h5-9,11-13,16,20H,10H2,1-4H3. The molecule has 2 unspecified atom stereocenters. The van der Waals surface area contributed by atoms with Crippen molar-refractivity contribution in [3.8, 4) is 0 Å². The van der Waals surface area contributed by atoms with E-state index in [0.717, 1.165) is 16.4 Å². The van der Waals surface area contributed by atoms with Gasteiger partial charge in [0, 0.05) is 24.9 Å². The van der Waals surface area contributed by atoms with Crippen molar-refractivity contribution in [2.24, 2.45) is 5.92 Å². The molecule has 0 radical (unpaired) electrons. The van der Waals surface area contributed by atoms with Crippen molar-refractivity contribution in [1.29, 1.82) is 0 Å². The largest absolute Gasteiger partial charge is 0.388 e. The van der Waals surface area contributed by atoms with Crippen LogP contribution in [0.4, 0.5) is 5.13 Å². The van der Waals surface area contributed by atoms with Gasteiger partial charge in [-0.3, -0.25) is 0 Å². The molecule has 0 aliphatic heterocycles. The van der Waals surface area contributed by atoms with Crippen molar-refractivity contribution in [2.45, 2.75) is 39.3 Å². The second-order valence-corrected chi connectivity index (χ2v) is 6.68. The average molecular weight is 304 g/mol. The molecule has 2 atom stereocenters. The zero-order chi connectivity index (χ0) is 15.4. The molecule has 21 heavy (non-hydrogen) atoms. The van der Waals surface area contributed by atoms with Crippen molar-refractivity contribution in [3.05, 3.63) is 47.0 Å². The summed E-state index contributed by atoms with van der Waals surface area (Å²) in [6.45, 7) is 6.65. The fourth-order valence-corrected chi connectivity index (χ4v) is 3.06. The summed E-state index contributed by atoms with van der Waals surface area (Å²) in [5, 5.41) is 13.3. The summed E-state index contributed by atoms with van der Waals surface area (Å²) in [7, 11) is 2.08. The molecule has 0 aliphatic rings. The first kappa shape index (κ1) is 16.0. The smallest absolute Gasteiger partial charge is 0.185 e. The van der Waals surface area contributed by atoms with Crippen LogP contribution in [0.2, 0.25) is 0 Å². The van der Waals surface area contributed by atoms with E-state index in [2.05, 4.69) is 37.7 Å². The lowest BCUT2D eigenvalue weighted by molar-refractivity contribution is 0.177. The Morgan fingerprint density at radius 1 is 1.19 bits per heavy atom. The van der Waals surface area contributed by atoms with Gasteiger partial charge in [0.05, 0.1) is 11.8 Å². The van der Waals surface area contributed by atoms with E-state index in [1.165, 1.54) is 0 Å². The SMILES string of the molecule is CC(C)C(C)N(C)c1nc(CC(O)c2ccccc2)cs1. The molecule has 1 aromatic carbocycles. The Bertz CT molecular complexity index is 553. The lowest BCUT2D eigenvalue weighted by atomic mass is 10.1. The Labute approximate surface area is 131 Å².